The summed E-state index contributed by atoms with van der Waals surface area (Å²) >= 11 is 0. The minimum atomic E-state index is -4.41. The molecule has 0 saturated heterocycles. The second kappa shape index (κ2) is 5.81. The van der Waals surface area contributed by atoms with Gasteiger partial charge in [0.05, 0.1) is 11.1 Å². The van der Waals surface area contributed by atoms with Gasteiger partial charge >= 0.3 is 6.18 Å². The van der Waals surface area contributed by atoms with E-state index in [-0.39, 0.29) is 23.1 Å². The number of carbonyl (C=O) groups excluding carboxylic acids is 1. The Hall–Kier alpha value is -2.57. The number of aromatic nitrogens is 1. The predicted octanol–water partition coefficient (Wildman–Crippen LogP) is 2.69. The zero-order chi connectivity index (χ0) is 17.5. The first-order valence-corrected chi connectivity index (χ1v) is 7.41. The Morgan fingerprint density at radius 2 is 1.92 bits per heavy atom. The van der Waals surface area contributed by atoms with Crippen molar-refractivity contribution in [3.63, 3.8) is 0 Å². The second-order valence-electron chi connectivity index (χ2n) is 5.87. The van der Waals surface area contributed by atoms with Gasteiger partial charge in [0.25, 0.3) is 5.91 Å². The molecule has 1 aromatic carbocycles. The Kier molecular flexibility index (Phi) is 3.95. The zero-order valence-electron chi connectivity index (χ0n) is 12.8. The molecular formula is C17H15F3N2O2. The SMILES string of the molecule is Cn1cc(C(=O)N[C@H]2C[C@@H]2c2ccccc2C(F)(F)F)ccc1=O. The Labute approximate surface area is 135 Å². The summed E-state index contributed by atoms with van der Waals surface area (Å²) in [7, 11) is 1.53. The van der Waals surface area contributed by atoms with Crippen LogP contribution in [0.3, 0.4) is 0 Å². The van der Waals surface area contributed by atoms with Gasteiger partial charge in [-0.05, 0) is 24.1 Å². The maximum Gasteiger partial charge on any atom is 0.416 e. The highest BCUT2D eigenvalue weighted by atomic mass is 19.4. The third kappa shape index (κ3) is 3.20. The van der Waals surface area contributed by atoms with Gasteiger partial charge in [-0.1, -0.05) is 18.2 Å². The van der Waals surface area contributed by atoms with Crippen molar-refractivity contribution in [1.82, 2.24) is 9.88 Å². The lowest BCUT2D eigenvalue weighted by Crippen LogP contribution is -2.28. The van der Waals surface area contributed by atoms with Gasteiger partial charge in [0.1, 0.15) is 0 Å². The highest BCUT2D eigenvalue weighted by molar-refractivity contribution is 5.94. The lowest BCUT2D eigenvalue weighted by atomic mass is 10.0. The fourth-order valence-electron chi connectivity index (χ4n) is 2.76. The maximum absolute atomic E-state index is 13.1. The van der Waals surface area contributed by atoms with E-state index in [0.29, 0.717) is 12.0 Å². The maximum atomic E-state index is 13.1. The summed E-state index contributed by atoms with van der Waals surface area (Å²) in [5, 5.41) is 2.72. The van der Waals surface area contributed by atoms with Crippen molar-refractivity contribution in [3.8, 4) is 0 Å². The molecule has 1 N–H and O–H groups in total. The molecule has 1 aliphatic rings. The molecule has 0 unspecified atom stereocenters. The summed E-state index contributed by atoms with van der Waals surface area (Å²) in [4.78, 5) is 23.5. The van der Waals surface area contributed by atoms with E-state index in [9.17, 15) is 22.8 Å². The minimum absolute atomic E-state index is 0.204. The molecule has 3 rings (SSSR count). The molecular weight excluding hydrogens is 321 g/mol. The molecule has 0 spiro atoms. The van der Waals surface area contributed by atoms with Crippen molar-refractivity contribution < 1.29 is 18.0 Å². The number of halogens is 3. The molecule has 0 radical (unpaired) electrons. The number of carbonyl (C=O) groups is 1. The summed E-state index contributed by atoms with van der Waals surface area (Å²) in [5.74, 6) is -0.748. The zero-order valence-corrected chi connectivity index (χ0v) is 12.8. The largest absolute Gasteiger partial charge is 0.416 e. The Bertz CT molecular complexity index is 842. The van der Waals surface area contributed by atoms with Gasteiger partial charge in [-0.15, -0.1) is 0 Å². The van der Waals surface area contributed by atoms with Crippen LogP contribution < -0.4 is 10.9 Å². The van der Waals surface area contributed by atoms with Crippen LogP contribution in [-0.4, -0.2) is 16.5 Å². The van der Waals surface area contributed by atoms with Crippen LogP contribution in [0.5, 0.6) is 0 Å². The average Bonchev–Trinajstić information content (AvgIpc) is 3.28. The van der Waals surface area contributed by atoms with Crippen LogP contribution in [0.25, 0.3) is 0 Å². The van der Waals surface area contributed by atoms with Gasteiger partial charge < -0.3 is 9.88 Å². The van der Waals surface area contributed by atoms with Crippen LogP contribution in [0, 0.1) is 0 Å². The molecule has 4 nitrogen and oxygen atoms in total. The van der Waals surface area contributed by atoms with E-state index in [1.807, 2.05) is 0 Å². The summed E-state index contributed by atoms with van der Waals surface area (Å²) in [6.45, 7) is 0. The third-order valence-corrected chi connectivity index (χ3v) is 4.12. The lowest BCUT2D eigenvalue weighted by molar-refractivity contribution is -0.138. The first kappa shape index (κ1) is 16.3. The number of aryl methyl sites for hydroxylation is 1. The summed E-state index contributed by atoms with van der Waals surface area (Å²) in [6, 6.07) is 7.77. The Morgan fingerprint density at radius 3 is 2.58 bits per heavy atom. The fraction of sp³-hybridized carbons (Fsp3) is 0.294. The Morgan fingerprint density at radius 1 is 1.21 bits per heavy atom. The van der Waals surface area contributed by atoms with Crippen molar-refractivity contribution in [2.75, 3.05) is 0 Å². The molecule has 1 saturated carbocycles. The molecule has 7 heteroatoms. The number of alkyl halides is 3. The van der Waals surface area contributed by atoms with Crippen molar-refractivity contribution in [2.24, 2.45) is 7.05 Å². The van der Waals surface area contributed by atoms with Crippen LogP contribution in [0.1, 0.15) is 33.8 Å². The normalized spacial score (nSPS) is 19.8. The van der Waals surface area contributed by atoms with Crippen molar-refractivity contribution >= 4 is 5.91 Å². The molecule has 1 aromatic heterocycles. The van der Waals surface area contributed by atoms with Crippen LogP contribution in [0.4, 0.5) is 13.2 Å². The third-order valence-electron chi connectivity index (χ3n) is 4.12. The van der Waals surface area contributed by atoms with Crippen molar-refractivity contribution in [2.45, 2.75) is 24.6 Å². The Balaban J connectivity index is 1.74. The monoisotopic (exact) mass is 336 g/mol. The van der Waals surface area contributed by atoms with Gasteiger partial charge in [-0.25, -0.2) is 0 Å². The first-order valence-electron chi connectivity index (χ1n) is 7.41. The van der Waals surface area contributed by atoms with Gasteiger partial charge in [-0.2, -0.15) is 13.2 Å². The number of amides is 1. The molecule has 1 aliphatic carbocycles. The van der Waals surface area contributed by atoms with Gasteiger partial charge in [-0.3, -0.25) is 9.59 Å². The number of hydrogen-bond donors (Lipinski definition) is 1. The second-order valence-corrected chi connectivity index (χ2v) is 5.87. The molecule has 1 amide bonds. The lowest BCUT2D eigenvalue weighted by Gasteiger charge is -2.12. The van der Waals surface area contributed by atoms with Crippen molar-refractivity contribution in [1.29, 1.82) is 0 Å². The highest BCUT2D eigenvalue weighted by Gasteiger charge is 2.44. The fourth-order valence-corrected chi connectivity index (χ4v) is 2.76. The van der Waals surface area contributed by atoms with E-state index >= 15 is 0 Å². The summed E-state index contributed by atoms with van der Waals surface area (Å²) in [5.41, 5.74) is -0.397. The molecule has 126 valence electrons. The highest BCUT2D eigenvalue weighted by Crippen LogP contribution is 2.46. The molecule has 2 aromatic rings. The van der Waals surface area contributed by atoms with Crippen LogP contribution >= 0.6 is 0 Å². The first-order chi connectivity index (χ1) is 11.3. The predicted molar refractivity (Wildman–Crippen MR) is 81.7 cm³/mol. The van der Waals surface area contributed by atoms with Crippen LogP contribution in [0.15, 0.2) is 47.4 Å². The minimum Gasteiger partial charge on any atom is -0.349 e. The van der Waals surface area contributed by atoms with E-state index in [2.05, 4.69) is 5.32 Å². The number of pyridine rings is 1. The quantitative estimate of drug-likeness (QED) is 0.937. The molecule has 1 heterocycles. The number of nitrogens with zero attached hydrogens (tertiary/aromatic N) is 1. The number of nitrogens with one attached hydrogen (secondary N) is 1. The van der Waals surface area contributed by atoms with Crippen molar-refractivity contribution in [3.05, 3.63) is 69.6 Å². The average molecular weight is 336 g/mol. The van der Waals surface area contributed by atoms with E-state index in [4.69, 9.17) is 0 Å². The van der Waals surface area contributed by atoms with E-state index in [0.717, 1.165) is 6.07 Å². The van der Waals surface area contributed by atoms with E-state index < -0.39 is 17.6 Å². The number of benzene rings is 1. The molecule has 0 aliphatic heterocycles. The van der Waals surface area contributed by atoms with Crippen LogP contribution in [-0.2, 0) is 13.2 Å². The van der Waals surface area contributed by atoms with Gasteiger partial charge in [0.15, 0.2) is 0 Å². The topological polar surface area (TPSA) is 51.1 Å². The van der Waals surface area contributed by atoms with E-state index in [1.165, 1.54) is 42.1 Å². The molecule has 24 heavy (non-hydrogen) atoms. The summed E-state index contributed by atoms with van der Waals surface area (Å²) in [6.07, 6.45) is -2.55. The number of hydrogen-bond acceptors (Lipinski definition) is 2. The van der Waals surface area contributed by atoms with Crippen LogP contribution in [0.2, 0.25) is 0 Å². The smallest absolute Gasteiger partial charge is 0.349 e. The molecule has 0 bridgehead atoms. The van der Waals surface area contributed by atoms with E-state index in [1.54, 1.807) is 6.07 Å². The summed E-state index contributed by atoms with van der Waals surface area (Å²) < 4.78 is 40.4. The van der Waals surface area contributed by atoms with Gasteiger partial charge in [0, 0.05) is 31.3 Å². The molecule has 2 atom stereocenters. The number of rotatable bonds is 3. The molecule has 1 fully saturated rings. The standard InChI is InChI=1S/C17H15F3N2O2/c1-22-9-10(6-7-15(22)23)16(24)21-14-8-12(14)11-4-2-3-5-13(11)17(18,19)20/h2-7,9,12,14H,8H2,1H3,(H,21,24)/t12-,14+/m1/s1. The van der Waals surface area contributed by atoms with Gasteiger partial charge in [0.2, 0.25) is 5.56 Å².